The van der Waals surface area contributed by atoms with Gasteiger partial charge in [-0.1, -0.05) is 65.8 Å². The van der Waals surface area contributed by atoms with E-state index in [0.717, 1.165) is 31.2 Å². The van der Waals surface area contributed by atoms with E-state index >= 15 is 0 Å². The van der Waals surface area contributed by atoms with E-state index in [9.17, 15) is 9.59 Å². The number of carbonyl (C=O) groups excluding carboxylic acids is 2. The lowest BCUT2D eigenvalue weighted by Gasteiger charge is -2.30. The first-order valence-corrected chi connectivity index (χ1v) is 11.2. The minimum atomic E-state index is -0.622. The van der Waals surface area contributed by atoms with Crippen LogP contribution in [0.25, 0.3) is 0 Å². The van der Waals surface area contributed by atoms with Crippen LogP contribution in [0.2, 0.25) is 15.1 Å². The normalized spacial score (nSPS) is 15.1. The average molecular weight is 468 g/mol. The molecule has 0 spiro atoms. The summed E-state index contributed by atoms with van der Waals surface area (Å²) in [5, 5.41) is 4.62. The Morgan fingerprint density at radius 2 is 1.77 bits per heavy atom. The van der Waals surface area contributed by atoms with Gasteiger partial charge in [-0.15, -0.1) is 0 Å². The lowest BCUT2D eigenvalue weighted by Crippen LogP contribution is -2.50. The van der Waals surface area contributed by atoms with Crippen molar-refractivity contribution in [2.75, 3.05) is 0 Å². The third-order valence-corrected chi connectivity index (χ3v) is 6.29. The van der Waals surface area contributed by atoms with Crippen LogP contribution in [0, 0.1) is 0 Å². The number of hydrogen-bond acceptors (Lipinski definition) is 2. The molecule has 1 N–H and O–H groups in total. The van der Waals surface area contributed by atoms with Crippen LogP contribution < -0.4 is 5.32 Å². The molecule has 2 aromatic carbocycles. The van der Waals surface area contributed by atoms with Crippen LogP contribution in [0.3, 0.4) is 0 Å². The van der Waals surface area contributed by atoms with Crippen molar-refractivity contribution in [3.05, 3.63) is 68.7 Å². The molecule has 1 atom stereocenters. The Morgan fingerprint density at radius 3 is 2.43 bits per heavy atom. The van der Waals surface area contributed by atoms with E-state index in [2.05, 4.69) is 5.32 Å². The van der Waals surface area contributed by atoms with Crippen LogP contribution in [0.15, 0.2) is 42.5 Å². The van der Waals surface area contributed by atoms with Crippen molar-refractivity contribution in [2.45, 2.75) is 57.7 Å². The second-order valence-corrected chi connectivity index (χ2v) is 9.01. The van der Waals surface area contributed by atoms with Gasteiger partial charge >= 0.3 is 0 Å². The number of rotatable bonds is 7. The molecular weight excluding hydrogens is 443 g/mol. The highest BCUT2D eigenvalue weighted by molar-refractivity contribution is 6.35. The number of hydrogen-bond donors (Lipinski definition) is 1. The Balaban J connectivity index is 1.79. The summed E-state index contributed by atoms with van der Waals surface area (Å²) >= 11 is 18.3. The third-order valence-electron chi connectivity index (χ3n) is 5.47. The molecule has 0 bridgehead atoms. The van der Waals surface area contributed by atoms with Gasteiger partial charge in [0.25, 0.3) is 0 Å². The van der Waals surface area contributed by atoms with Crippen molar-refractivity contribution in [3.63, 3.8) is 0 Å². The topological polar surface area (TPSA) is 49.4 Å². The molecule has 160 valence electrons. The zero-order valence-electron chi connectivity index (χ0n) is 16.8. The molecule has 0 aliphatic heterocycles. The Labute approximate surface area is 192 Å². The third kappa shape index (κ3) is 6.13. The van der Waals surface area contributed by atoms with Gasteiger partial charge in [0.05, 0.1) is 6.42 Å². The van der Waals surface area contributed by atoms with Gasteiger partial charge in [-0.3, -0.25) is 9.59 Å². The van der Waals surface area contributed by atoms with Crippen LogP contribution in [0.1, 0.15) is 43.7 Å². The number of halogens is 3. The second-order valence-electron chi connectivity index (χ2n) is 7.73. The Morgan fingerprint density at radius 1 is 1.07 bits per heavy atom. The summed E-state index contributed by atoms with van der Waals surface area (Å²) in [6.45, 7) is 2.04. The molecule has 1 aliphatic rings. The summed E-state index contributed by atoms with van der Waals surface area (Å²) in [7, 11) is 0. The highest BCUT2D eigenvalue weighted by Crippen LogP contribution is 2.23. The SMILES string of the molecule is C[C@H](C(=O)NC1CCCC1)N(Cc1cccc(Cl)c1)C(=O)Cc1ccc(Cl)cc1Cl. The smallest absolute Gasteiger partial charge is 0.242 e. The zero-order chi connectivity index (χ0) is 21.7. The Hall–Kier alpha value is -1.75. The van der Waals surface area contributed by atoms with Crippen molar-refractivity contribution in [3.8, 4) is 0 Å². The minimum Gasteiger partial charge on any atom is -0.352 e. The van der Waals surface area contributed by atoms with Crippen molar-refractivity contribution in [1.82, 2.24) is 10.2 Å². The molecule has 4 nitrogen and oxygen atoms in total. The lowest BCUT2D eigenvalue weighted by molar-refractivity contribution is -0.140. The Kier molecular flexibility index (Phi) is 8.04. The van der Waals surface area contributed by atoms with E-state index in [-0.39, 0.29) is 30.8 Å². The average Bonchev–Trinajstić information content (AvgIpc) is 3.20. The quantitative estimate of drug-likeness (QED) is 0.571. The second kappa shape index (κ2) is 10.5. The first-order valence-electron chi connectivity index (χ1n) is 10.1. The largest absolute Gasteiger partial charge is 0.352 e. The highest BCUT2D eigenvalue weighted by Gasteiger charge is 2.28. The molecule has 30 heavy (non-hydrogen) atoms. The monoisotopic (exact) mass is 466 g/mol. The number of carbonyl (C=O) groups is 2. The molecule has 0 heterocycles. The van der Waals surface area contributed by atoms with Crippen molar-refractivity contribution >= 4 is 46.6 Å². The maximum Gasteiger partial charge on any atom is 0.242 e. The predicted molar refractivity (Wildman–Crippen MR) is 122 cm³/mol. The molecular formula is C23H25Cl3N2O2. The molecule has 1 saturated carbocycles. The fourth-order valence-electron chi connectivity index (χ4n) is 3.74. The fourth-order valence-corrected chi connectivity index (χ4v) is 4.42. The van der Waals surface area contributed by atoms with Gasteiger partial charge in [0.2, 0.25) is 11.8 Å². The zero-order valence-corrected chi connectivity index (χ0v) is 19.1. The number of nitrogens with zero attached hydrogens (tertiary/aromatic N) is 1. The summed E-state index contributed by atoms with van der Waals surface area (Å²) in [6, 6.07) is 11.9. The van der Waals surface area contributed by atoms with Gasteiger partial charge < -0.3 is 10.2 Å². The lowest BCUT2D eigenvalue weighted by atomic mass is 10.1. The van der Waals surface area contributed by atoms with Gasteiger partial charge in [-0.2, -0.15) is 0 Å². The summed E-state index contributed by atoms with van der Waals surface area (Å²) in [4.78, 5) is 27.7. The van der Waals surface area contributed by atoms with Gasteiger partial charge in [-0.05, 0) is 55.2 Å². The van der Waals surface area contributed by atoms with Crippen LogP contribution in [-0.2, 0) is 22.6 Å². The maximum atomic E-state index is 13.2. The summed E-state index contributed by atoms with van der Waals surface area (Å²) in [6.07, 6.45) is 4.30. The molecule has 1 aliphatic carbocycles. The standard InChI is InChI=1S/C23H25Cl3N2O2/c1-15(23(30)27-20-7-2-3-8-20)28(14-16-5-4-6-18(24)11-16)22(29)12-17-9-10-19(25)13-21(17)26/h4-6,9-11,13,15,20H,2-3,7-8,12,14H2,1H3,(H,27,30)/t15-/m1/s1. The Bertz CT molecular complexity index is 913. The van der Waals surface area contributed by atoms with E-state index in [0.29, 0.717) is 20.6 Å². The van der Waals surface area contributed by atoms with Gasteiger partial charge in [0.15, 0.2) is 0 Å². The molecule has 2 amide bonds. The van der Waals surface area contributed by atoms with Gasteiger partial charge in [0, 0.05) is 27.7 Å². The van der Waals surface area contributed by atoms with Crippen molar-refractivity contribution in [1.29, 1.82) is 0 Å². The molecule has 0 radical (unpaired) electrons. The van der Waals surface area contributed by atoms with Crippen LogP contribution in [-0.4, -0.2) is 28.8 Å². The number of nitrogens with one attached hydrogen (secondary N) is 1. The molecule has 3 rings (SSSR count). The van der Waals surface area contributed by atoms with Gasteiger partial charge in [0.1, 0.15) is 6.04 Å². The van der Waals surface area contributed by atoms with Gasteiger partial charge in [-0.25, -0.2) is 0 Å². The van der Waals surface area contributed by atoms with E-state index in [4.69, 9.17) is 34.8 Å². The van der Waals surface area contributed by atoms with Crippen LogP contribution in [0.4, 0.5) is 0 Å². The van der Waals surface area contributed by atoms with Crippen molar-refractivity contribution in [2.24, 2.45) is 0 Å². The maximum absolute atomic E-state index is 13.2. The van der Waals surface area contributed by atoms with E-state index in [1.54, 1.807) is 42.2 Å². The molecule has 7 heteroatoms. The van der Waals surface area contributed by atoms with Crippen LogP contribution >= 0.6 is 34.8 Å². The highest BCUT2D eigenvalue weighted by atomic mass is 35.5. The van der Waals surface area contributed by atoms with E-state index < -0.39 is 6.04 Å². The summed E-state index contributed by atoms with van der Waals surface area (Å²) < 4.78 is 0. The molecule has 1 fully saturated rings. The fraction of sp³-hybridized carbons (Fsp3) is 0.391. The summed E-state index contributed by atoms with van der Waals surface area (Å²) in [5.74, 6) is -0.326. The molecule has 0 aromatic heterocycles. The predicted octanol–water partition coefficient (Wildman–Crippen LogP) is 5.67. The van der Waals surface area contributed by atoms with E-state index in [1.807, 2.05) is 12.1 Å². The molecule has 0 saturated heterocycles. The van der Waals surface area contributed by atoms with Crippen molar-refractivity contribution < 1.29 is 9.59 Å². The number of amides is 2. The van der Waals surface area contributed by atoms with Crippen LogP contribution in [0.5, 0.6) is 0 Å². The van der Waals surface area contributed by atoms with E-state index in [1.165, 1.54) is 0 Å². The minimum absolute atomic E-state index is 0.0810. The number of benzene rings is 2. The summed E-state index contributed by atoms with van der Waals surface area (Å²) in [5.41, 5.74) is 1.53. The molecule has 2 aromatic rings. The molecule has 0 unspecified atom stereocenters. The first kappa shape index (κ1) is 22.9. The first-order chi connectivity index (χ1) is 14.3.